The van der Waals surface area contributed by atoms with E-state index in [9.17, 15) is 9.59 Å². The van der Waals surface area contributed by atoms with Gasteiger partial charge in [-0.3, -0.25) is 4.79 Å². The molecule has 0 aliphatic heterocycles. The third kappa shape index (κ3) is 11.8. The molecule has 39 heavy (non-hydrogen) atoms. The van der Waals surface area contributed by atoms with Gasteiger partial charge in [0.2, 0.25) is 0 Å². The van der Waals surface area contributed by atoms with Gasteiger partial charge in [-0.15, -0.1) is 0 Å². The van der Waals surface area contributed by atoms with Crippen molar-refractivity contribution in [2.24, 2.45) is 0 Å². The van der Waals surface area contributed by atoms with Crippen LogP contribution in [0.25, 0.3) is 11.0 Å². The number of carbonyl (C=O) groups is 1. The van der Waals surface area contributed by atoms with E-state index in [1.54, 1.807) is 12.1 Å². The maximum Gasteiger partial charge on any atom is 0.339 e. The molecule has 1 heterocycles. The highest BCUT2D eigenvalue weighted by Gasteiger charge is 2.19. The number of quaternary nitrogens is 1. The summed E-state index contributed by atoms with van der Waals surface area (Å²) in [6.45, 7) is 16.1. The number of halogens is 1. The normalized spacial score (nSPS) is 11.5. The molecule has 0 radical (unpaired) electrons. The first-order valence-electron chi connectivity index (χ1n) is 15.5. The van der Waals surface area contributed by atoms with Crippen LogP contribution in [0.2, 0.25) is 0 Å². The third-order valence-electron chi connectivity index (χ3n) is 8.55. The highest BCUT2D eigenvalue weighted by atomic mass is 79.9. The topological polar surface area (TPSA) is 56.5 Å². The fourth-order valence-electron chi connectivity index (χ4n) is 5.56. The smallest absolute Gasteiger partial charge is 0.339 e. The second kappa shape index (κ2) is 19.4. The highest BCUT2D eigenvalue weighted by molar-refractivity contribution is 5.83. The van der Waals surface area contributed by atoms with E-state index in [1.165, 1.54) is 82.0 Å². The largest absolute Gasteiger partial charge is 1.00 e. The molecule has 0 amide bonds. The molecule has 1 aromatic carbocycles. The zero-order valence-corrected chi connectivity index (χ0v) is 27.0. The molecule has 0 N–H and O–H groups in total. The number of esters is 1. The molecule has 5 nitrogen and oxygen atoms in total. The molecule has 0 saturated carbocycles. The van der Waals surface area contributed by atoms with E-state index in [2.05, 4.69) is 27.7 Å². The number of rotatable bonds is 20. The van der Waals surface area contributed by atoms with Gasteiger partial charge in [-0.25, -0.2) is 4.79 Å². The predicted octanol–water partition coefficient (Wildman–Crippen LogP) is 5.52. The zero-order chi connectivity index (χ0) is 27.8. The lowest BCUT2D eigenvalue weighted by Gasteiger charge is -2.35. The van der Waals surface area contributed by atoms with Crippen LogP contribution in [-0.2, 0) is 11.2 Å². The molecule has 6 heteroatoms. The molecular weight excluding hydrogens is 554 g/mol. The maximum absolute atomic E-state index is 12.6. The second-order valence-corrected chi connectivity index (χ2v) is 11.0. The van der Waals surface area contributed by atoms with E-state index in [0.717, 1.165) is 48.6 Å². The number of aryl methyl sites for hydroxylation is 1. The van der Waals surface area contributed by atoms with Gasteiger partial charge >= 0.3 is 11.6 Å². The van der Waals surface area contributed by atoms with Crippen LogP contribution >= 0.6 is 0 Å². The summed E-state index contributed by atoms with van der Waals surface area (Å²) in [6.07, 6.45) is 15.2. The fraction of sp³-hybridized carbons (Fsp3) is 0.697. The van der Waals surface area contributed by atoms with Crippen LogP contribution in [0, 0.1) is 6.92 Å². The molecule has 2 rings (SSSR count). The van der Waals surface area contributed by atoms with E-state index in [1.807, 2.05) is 13.0 Å². The highest BCUT2D eigenvalue weighted by Crippen LogP contribution is 2.25. The summed E-state index contributed by atoms with van der Waals surface area (Å²) in [4.78, 5) is 24.9. The summed E-state index contributed by atoms with van der Waals surface area (Å²) in [5, 5.41) is 0.911. The van der Waals surface area contributed by atoms with Crippen LogP contribution in [0.15, 0.2) is 27.4 Å². The van der Waals surface area contributed by atoms with E-state index in [0.29, 0.717) is 17.8 Å². The Hall–Kier alpha value is -1.66. The number of benzene rings is 1. The molecule has 1 aromatic heterocycles. The van der Waals surface area contributed by atoms with Crippen LogP contribution in [0.5, 0.6) is 5.75 Å². The Balaban J connectivity index is 0.00000760. The third-order valence-corrected chi connectivity index (χ3v) is 8.55. The quantitative estimate of drug-likeness (QED) is 0.0653. The zero-order valence-electron chi connectivity index (χ0n) is 25.4. The summed E-state index contributed by atoms with van der Waals surface area (Å²) < 4.78 is 12.4. The summed E-state index contributed by atoms with van der Waals surface area (Å²) in [5.41, 5.74) is 1.95. The van der Waals surface area contributed by atoms with Crippen LogP contribution < -0.4 is 27.3 Å². The Morgan fingerprint density at radius 1 is 0.821 bits per heavy atom. The van der Waals surface area contributed by atoms with Gasteiger partial charge < -0.3 is 30.6 Å². The van der Waals surface area contributed by atoms with Crippen molar-refractivity contribution in [3.05, 3.63) is 39.7 Å². The first-order valence-corrected chi connectivity index (χ1v) is 15.5. The Labute approximate surface area is 248 Å². The molecule has 0 fully saturated rings. The molecule has 0 saturated heterocycles. The minimum absolute atomic E-state index is 0. The number of hydrogen-bond acceptors (Lipinski definition) is 4. The minimum atomic E-state index is -0.273. The number of hydrogen-bond donors (Lipinski definition) is 0. The van der Waals surface area contributed by atoms with E-state index in [-0.39, 0.29) is 28.6 Å². The van der Waals surface area contributed by atoms with Crippen molar-refractivity contribution in [1.29, 1.82) is 0 Å². The van der Waals surface area contributed by atoms with Gasteiger partial charge in [0.25, 0.3) is 0 Å². The Kier molecular flexibility index (Phi) is 17.6. The summed E-state index contributed by atoms with van der Waals surface area (Å²) in [6, 6.07) is 5.38. The lowest BCUT2D eigenvalue weighted by atomic mass is 10.0. The van der Waals surface area contributed by atoms with Crippen molar-refractivity contribution in [2.75, 3.05) is 26.2 Å². The maximum atomic E-state index is 12.6. The number of nitrogens with zero attached hydrogens (tertiary/aromatic N) is 1. The fourth-order valence-corrected chi connectivity index (χ4v) is 5.56. The van der Waals surface area contributed by atoms with Crippen LogP contribution in [0.3, 0.4) is 0 Å². The Bertz CT molecular complexity index is 1020. The predicted molar refractivity (Wildman–Crippen MR) is 159 cm³/mol. The average molecular weight is 609 g/mol. The second-order valence-electron chi connectivity index (χ2n) is 11.0. The summed E-state index contributed by atoms with van der Waals surface area (Å²) in [5.74, 6) is 0.220. The van der Waals surface area contributed by atoms with Crippen molar-refractivity contribution in [1.82, 2.24) is 0 Å². The van der Waals surface area contributed by atoms with Crippen molar-refractivity contribution in [2.45, 2.75) is 125 Å². The van der Waals surface area contributed by atoms with Crippen molar-refractivity contribution < 1.29 is 35.4 Å². The van der Waals surface area contributed by atoms with Gasteiger partial charge in [0.05, 0.1) is 26.2 Å². The molecule has 0 spiro atoms. The van der Waals surface area contributed by atoms with Gasteiger partial charge in [-0.2, -0.15) is 0 Å². The monoisotopic (exact) mass is 607 g/mol. The lowest BCUT2D eigenvalue weighted by Crippen LogP contribution is -3.00. The van der Waals surface area contributed by atoms with Gasteiger partial charge in [-0.05, 0) is 77.5 Å². The van der Waals surface area contributed by atoms with Gasteiger partial charge in [-0.1, -0.05) is 58.3 Å². The number of unbranched alkanes of at least 4 members (excludes halogenated alkanes) is 10. The van der Waals surface area contributed by atoms with Crippen molar-refractivity contribution >= 4 is 16.9 Å². The molecular formula is C33H54BrNO4. The first kappa shape index (κ1) is 35.4. The molecule has 0 atom stereocenters. The summed E-state index contributed by atoms with van der Waals surface area (Å²) >= 11 is 0. The van der Waals surface area contributed by atoms with Gasteiger partial charge in [0.1, 0.15) is 11.3 Å². The first-order chi connectivity index (χ1) is 18.4. The number of fused-ring (bicyclic) bond motifs is 1. The number of carbonyl (C=O) groups excluding carboxylic acids is 1. The lowest BCUT2D eigenvalue weighted by molar-refractivity contribution is -0.923. The van der Waals surface area contributed by atoms with Crippen LogP contribution in [0.1, 0.15) is 122 Å². The van der Waals surface area contributed by atoms with Gasteiger partial charge in [0.15, 0.2) is 0 Å². The molecule has 0 aliphatic rings. The Morgan fingerprint density at radius 3 is 2.03 bits per heavy atom. The van der Waals surface area contributed by atoms with Crippen LogP contribution in [0.4, 0.5) is 0 Å². The SMILES string of the molecule is CCCCCCc1c(C)c2ccc(OC(=O)CCCCCCCCCC[N+](CC)(CC)CC)cc2oc1=O.[Br-]. The van der Waals surface area contributed by atoms with Crippen molar-refractivity contribution in [3.8, 4) is 5.75 Å². The minimum Gasteiger partial charge on any atom is -1.00 e. The van der Waals surface area contributed by atoms with Crippen LogP contribution in [-0.4, -0.2) is 36.6 Å². The molecule has 2 aromatic rings. The number of ether oxygens (including phenoxy) is 1. The van der Waals surface area contributed by atoms with E-state index < -0.39 is 0 Å². The van der Waals surface area contributed by atoms with E-state index >= 15 is 0 Å². The molecule has 0 unspecified atom stereocenters. The molecule has 0 aliphatic carbocycles. The molecule has 222 valence electrons. The Morgan fingerprint density at radius 2 is 1.41 bits per heavy atom. The standard InChI is InChI=1S/C33H54NO4.BrH/c1-6-10-11-18-21-30-27(5)29-24-23-28(26-31(29)38-33(30)36)37-32(35)22-19-16-14-12-13-15-17-20-25-34(7-2,8-3)9-4;/h23-24,26H,6-22,25H2,1-5H3;1H/q+1;/p-1. The summed E-state index contributed by atoms with van der Waals surface area (Å²) in [7, 11) is 0. The van der Waals surface area contributed by atoms with Gasteiger partial charge in [0, 0.05) is 23.4 Å². The molecule has 0 bridgehead atoms. The van der Waals surface area contributed by atoms with E-state index in [4.69, 9.17) is 9.15 Å². The van der Waals surface area contributed by atoms with Crippen molar-refractivity contribution in [3.63, 3.8) is 0 Å². The average Bonchev–Trinajstić information content (AvgIpc) is 2.91.